The molecule has 1 saturated heterocycles. The fourth-order valence-corrected chi connectivity index (χ4v) is 3.53. The molecule has 0 unspecified atom stereocenters. The number of halogens is 1. The summed E-state index contributed by atoms with van der Waals surface area (Å²) >= 11 is 0. The highest BCUT2D eigenvalue weighted by molar-refractivity contribution is 5.77. The third kappa shape index (κ3) is 2.40. The molecule has 1 aliphatic carbocycles. The molecule has 0 radical (unpaired) electrons. The number of amides is 1. The van der Waals surface area contributed by atoms with Gasteiger partial charge in [-0.15, -0.1) is 0 Å². The van der Waals surface area contributed by atoms with E-state index in [1.165, 1.54) is 11.0 Å². The summed E-state index contributed by atoms with van der Waals surface area (Å²) in [4.78, 5) is 27.3. The highest BCUT2D eigenvalue weighted by atomic mass is 19.1. The molecule has 23 heavy (non-hydrogen) atoms. The highest BCUT2D eigenvalue weighted by Crippen LogP contribution is 2.41. The monoisotopic (exact) mass is 319 g/mol. The average Bonchev–Trinajstić information content (AvgIpc) is 3.31. The van der Waals surface area contributed by atoms with Crippen LogP contribution in [0.2, 0.25) is 0 Å². The van der Waals surface area contributed by atoms with Crippen LogP contribution in [0.25, 0.3) is 11.0 Å². The van der Waals surface area contributed by atoms with Crippen LogP contribution in [0.4, 0.5) is 9.18 Å². The van der Waals surface area contributed by atoms with Crippen molar-refractivity contribution in [1.29, 1.82) is 0 Å². The van der Waals surface area contributed by atoms with Gasteiger partial charge in [0.25, 0.3) is 0 Å². The number of hydrogen-bond donors (Lipinski definition) is 2. The van der Waals surface area contributed by atoms with E-state index < -0.39 is 6.09 Å². The van der Waals surface area contributed by atoms with Crippen molar-refractivity contribution in [2.24, 2.45) is 0 Å². The number of benzene rings is 1. The predicted molar refractivity (Wildman–Crippen MR) is 82.4 cm³/mol. The van der Waals surface area contributed by atoms with Crippen molar-refractivity contribution in [3.63, 3.8) is 0 Å². The molecule has 1 aromatic heterocycles. The number of aromatic amines is 1. The van der Waals surface area contributed by atoms with Gasteiger partial charge in [-0.1, -0.05) is 0 Å². The quantitative estimate of drug-likeness (QED) is 0.893. The maximum absolute atomic E-state index is 14.3. The Labute approximate surface area is 131 Å². The van der Waals surface area contributed by atoms with Gasteiger partial charge in [0, 0.05) is 19.1 Å². The molecule has 122 valence electrons. The van der Waals surface area contributed by atoms with E-state index >= 15 is 0 Å². The van der Waals surface area contributed by atoms with Gasteiger partial charge in [-0.3, -0.25) is 4.57 Å². The highest BCUT2D eigenvalue weighted by Gasteiger charge is 2.29. The number of piperidine rings is 1. The smallest absolute Gasteiger partial charge is 0.407 e. The number of nitrogens with zero attached hydrogens (tertiary/aromatic N) is 2. The topological polar surface area (TPSA) is 78.3 Å². The van der Waals surface area contributed by atoms with Crippen LogP contribution >= 0.6 is 0 Å². The van der Waals surface area contributed by atoms with Crippen LogP contribution in [0.3, 0.4) is 0 Å². The molecular formula is C16H18FN3O3. The number of H-pyrrole nitrogens is 1. The third-order valence-electron chi connectivity index (χ3n) is 4.95. The summed E-state index contributed by atoms with van der Waals surface area (Å²) in [6, 6.07) is 3.34. The van der Waals surface area contributed by atoms with E-state index in [-0.39, 0.29) is 23.1 Å². The molecule has 7 heteroatoms. The van der Waals surface area contributed by atoms with Crippen molar-refractivity contribution in [1.82, 2.24) is 14.5 Å². The average molecular weight is 319 g/mol. The number of likely N-dealkylation sites (tertiary alicyclic amines) is 1. The Kier molecular flexibility index (Phi) is 3.18. The standard InChI is InChI=1S/C16H18FN3O3/c17-12-7-10(9-1-2-9)8-13-14(12)18-15(21)20(13)11-3-5-19(6-4-11)16(22)23/h7-9,11H,1-6H2,(H,18,21)(H,22,23). The second-order valence-electron chi connectivity index (χ2n) is 6.47. The second kappa shape index (κ2) is 5.11. The lowest BCUT2D eigenvalue weighted by atomic mass is 10.0. The molecule has 0 spiro atoms. The van der Waals surface area contributed by atoms with Crippen LogP contribution in [-0.4, -0.2) is 38.7 Å². The number of carbonyl (C=O) groups is 1. The van der Waals surface area contributed by atoms with Crippen molar-refractivity contribution in [2.75, 3.05) is 13.1 Å². The van der Waals surface area contributed by atoms with Crippen molar-refractivity contribution < 1.29 is 14.3 Å². The van der Waals surface area contributed by atoms with Gasteiger partial charge in [0.15, 0.2) is 0 Å². The minimum Gasteiger partial charge on any atom is -0.465 e. The molecule has 0 atom stereocenters. The number of nitrogens with one attached hydrogen (secondary N) is 1. The molecule has 1 aliphatic heterocycles. The van der Waals surface area contributed by atoms with E-state index in [1.807, 2.05) is 6.07 Å². The lowest BCUT2D eigenvalue weighted by Crippen LogP contribution is -2.39. The Hall–Kier alpha value is -2.31. The molecule has 4 rings (SSSR count). The van der Waals surface area contributed by atoms with Gasteiger partial charge in [0.05, 0.1) is 5.52 Å². The first-order valence-electron chi connectivity index (χ1n) is 7.96. The van der Waals surface area contributed by atoms with Gasteiger partial charge in [0.2, 0.25) is 0 Å². The normalized spacial score (nSPS) is 19.4. The SMILES string of the molecule is O=C(O)N1CCC(n2c(=O)[nH]c3c(F)cc(C4CC4)cc32)CC1. The molecule has 2 N–H and O–H groups in total. The molecule has 1 aromatic carbocycles. The van der Waals surface area contributed by atoms with Crippen LogP contribution < -0.4 is 5.69 Å². The Balaban J connectivity index is 1.73. The molecule has 2 fully saturated rings. The summed E-state index contributed by atoms with van der Waals surface area (Å²) in [5, 5.41) is 9.02. The molecule has 0 bridgehead atoms. The number of carboxylic acid groups (broad SMARTS) is 1. The molecular weight excluding hydrogens is 301 g/mol. The van der Waals surface area contributed by atoms with Crippen LogP contribution in [0.5, 0.6) is 0 Å². The van der Waals surface area contributed by atoms with Crippen LogP contribution in [0.15, 0.2) is 16.9 Å². The molecule has 6 nitrogen and oxygen atoms in total. The first-order chi connectivity index (χ1) is 11.0. The maximum atomic E-state index is 14.3. The Morgan fingerprint density at radius 1 is 1.22 bits per heavy atom. The van der Waals surface area contributed by atoms with E-state index in [9.17, 15) is 14.0 Å². The summed E-state index contributed by atoms with van der Waals surface area (Å²) in [6.45, 7) is 0.786. The minimum absolute atomic E-state index is 0.0966. The first-order valence-corrected chi connectivity index (χ1v) is 7.96. The molecule has 2 aromatic rings. The maximum Gasteiger partial charge on any atom is 0.407 e. The van der Waals surface area contributed by atoms with Crippen molar-refractivity contribution in [3.8, 4) is 0 Å². The number of fused-ring (bicyclic) bond motifs is 1. The minimum atomic E-state index is -0.934. The number of aromatic nitrogens is 2. The van der Waals surface area contributed by atoms with Gasteiger partial charge in [-0.05, 0) is 49.3 Å². The van der Waals surface area contributed by atoms with E-state index in [0.29, 0.717) is 37.4 Å². The summed E-state index contributed by atoms with van der Waals surface area (Å²) in [6.07, 6.45) is 2.33. The Bertz CT molecular complexity index is 829. The fraction of sp³-hybridized carbons (Fsp3) is 0.500. The predicted octanol–water partition coefficient (Wildman–Crippen LogP) is 2.66. The van der Waals surface area contributed by atoms with Crippen molar-refractivity contribution in [2.45, 2.75) is 37.6 Å². The van der Waals surface area contributed by atoms with Crippen molar-refractivity contribution in [3.05, 3.63) is 34.0 Å². The zero-order valence-electron chi connectivity index (χ0n) is 12.6. The number of rotatable bonds is 2. The van der Waals surface area contributed by atoms with E-state index in [1.54, 1.807) is 4.57 Å². The third-order valence-corrected chi connectivity index (χ3v) is 4.95. The molecule has 1 saturated carbocycles. The van der Waals surface area contributed by atoms with Gasteiger partial charge in [-0.2, -0.15) is 0 Å². The lowest BCUT2D eigenvalue weighted by Gasteiger charge is -2.30. The van der Waals surface area contributed by atoms with Gasteiger partial charge < -0.3 is 15.0 Å². The van der Waals surface area contributed by atoms with E-state index in [2.05, 4.69) is 4.98 Å². The zero-order valence-corrected chi connectivity index (χ0v) is 12.6. The van der Waals surface area contributed by atoms with Crippen LogP contribution in [-0.2, 0) is 0 Å². The lowest BCUT2D eigenvalue weighted by molar-refractivity contribution is 0.125. The fourth-order valence-electron chi connectivity index (χ4n) is 3.53. The zero-order chi connectivity index (χ0) is 16.1. The summed E-state index contributed by atoms with van der Waals surface area (Å²) in [5.74, 6) is 0.0180. The van der Waals surface area contributed by atoms with E-state index in [0.717, 1.165) is 18.4 Å². The molecule has 1 amide bonds. The first kappa shape index (κ1) is 14.3. The number of hydrogen-bond acceptors (Lipinski definition) is 2. The summed E-state index contributed by atoms with van der Waals surface area (Å²) < 4.78 is 15.9. The molecule has 2 aliphatic rings. The Morgan fingerprint density at radius 2 is 1.91 bits per heavy atom. The molecule has 2 heterocycles. The second-order valence-corrected chi connectivity index (χ2v) is 6.47. The van der Waals surface area contributed by atoms with E-state index in [4.69, 9.17) is 5.11 Å². The largest absolute Gasteiger partial charge is 0.465 e. The Morgan fingerprint density at radius 3 is 2.52 bits per heavy atom. The number of imidazole rings is 1. The van der Waals surface area contributed by atoms with Gasteiger partial charge >= 0.3 is 11.8 Å². The van der Waals surface area contributed by atoms with Crippen molar-refractivity contribution >= 4 is 17.1 Å². The van der Waals surface area contributed by atoms with Crippen LogP contribution in [0.1, 0.15) is 43.2 Å². The summed E-state index contributed by atoms with van der Waals surface area (Å²) in [7, 11) is 0. The summed E-state index contributed by atoms with van der Waals surface area (Å²) in [5.41, 5.74) is 1.48. The van der Waals surface area contributed by atoms with Crippen LogP contribution in [0, 0.1) is 5.82 Å². The van der Waals surface area contributed by atoms with Gasteiger partial charge in [0.1, 0.15) is 11.3 Å². The van der Waals surface area contributed by atoms with Gasteiger partial charge in [-0.25, -0.2) is 14.0 Å².